The highest BCUT2D eigenvalue weighted by atomic mass is 16.5. The van der Waals surface area contributed by atoms with Gasteiger partial charge in [-0.25, -0.2) is 0 Å². The Kier molecular flexibility index (Phi) is 5.05. The summed E-state index contributed by atoms with van der Waals surface area (Å²) in [5.74, 6) is 0.799. The Labute approximate surface area is 112 Å². The molecule has 2 fully saturated rings. The lowest BCUT2D eigenvalue weighted by atomic mass is 9.86. The van der Waals surface area contributed by atoms with E-state index in [-0.39, 0.29) is 0 Å². The van der Waals surface area contributed by atoms with Gasteiger partial charge < -0.3 is 15.0 Å². The summed E-state index contributed by atoms with van der Waals surface area (Å²) in [6, 6.07) is 0.809. The average Bonchev–Trinajstić information content (AvgIpc) is 3.05. The molecule has 1 aliphatic heterocycles. The fourth-order valence-electron chi connectivity index (χ4n) is 2.75. The zero-order valence-electron chi connectivity index (χ0n) is 12.4. The van der Waals surface area contributed by atoms with Crippen LogP contribution in [0.5, 0.6) is 0 Å². The van der Waals surface area contributed by atoms with Crippen LogP contribution in [0.2, 0.25) is 0 Å². The van der Waals surface area contributed by atoms with E-state index in [0.29, 0.717) is 5.41 Å². The van der Waals surface area contributed by atoms with Crippen LogP contribution < -0.4 is 5.32 Å². The molecule has 3 nitrogen and oxygen atoms in total. The molecule has 2 aliphatic rings. The van der Waals surface area contributed by atoms with Gasteiger partial charge in [-0.3, -0.25) is 0 Å². The zero-order valence-corrected chi connectivity index (χ0v) is 12.4. The molecule has 1 saturated carbocycles. The Morgan fingerprint density at radius 2 is 2.17 bits per heavy atom. The van der Waals surface area contributed by atoms with Crippen LogP contribution in [-0.2, 0) is 4.74 Å². The van der Waals surface area contributed by atoms with Crippen LogP contribution in [0.25, 0.3) is 0 Å². The van der Waals surface area contributed by atoms with Crippen LogP contribution in [-0.4, -0.2) is 50.8 Å². The predicted molar refractivity (Wildman–Crippen MR) is 75.8 cm³/mol. The number of nitrogens with one attached hydrogen (secondary N) is 1. The Morgan fingerprint density at radius 1 is 1.39 bits per heavy atom. The molecule has 0 aromatic carbocycles. The van der Waals surface area contributed by atoms with Gasteiger partial charge in [0.25, 0.3) is 0 Å². The van der Waals surface area contributed by atoms with E-state index in [4.69, 9.17) is 4.74 Å². The molecule has 2 rings (SSSR count). The van der Waals surface area contributed by atoms with Crippen LogP contribution in [0.15, 0.2) is 0 Å². The summed E-state index contributed by atoms with van der Waals surface area (Å²) in [5.41, 5.74) is 0.369. The van der Waals surface area contributed by atoms with Gasteiger partial charge in [0.1, 0.15) is 0 Å². The molecular formula is C15H30N2O. The second-order valence-corrected chi connectivity index (χ2v) is 6.88. The lowest BCUT2D eigenvalue weighted by Gasteiger charge is -2.33. The average molecular weight is 254 g/mol. The summed E-state index contributed by atoms with van der Waals surface area (Å²) in [4.78, 5) is 2.50. The van der Waals surface area contributed by atoms with Crippen molar-refractivity contribution in [2.45, 2.75) is 45.6 Å². The van der Waals surface area contributed by atoms with E-state index in [1.54, 1.807) is 0 Å². The second-order valence-electron chi connectivity index (χ2n) is 6.88. The molecule has 3 heteroatoms. The third-order valence-electron chi connectivity index (χ3n) is 4.22. The first-order valence-corrected chi connectivity index (χ1v) is 7.59. The molecule has 1 N–H and O–H groups in total. The van der Waals surface area contributed by atoms with Crippen molar-refractivity contribution in [2.24, 2.45) is 11.3 Å². The normalized spacial score (nSPS) is 28.5. The van der Waals surface area contributed by atoms with E-state index in [2.05, 4.69) is 31.1 Å². The Balaban J connectivity index is 1.76. The SMILES string of the molecule is CC(C)CCN(C)CC1(CNC2CC2)CCOC1. The monoisotopic (exact) mass is 254 g/mol. The minimum atomic E-state index is 0.369. The first-order chi connectivity index (χ1) is 8.60. The Bertz CT molecular complexity index is 245. The zero-order chi connectivity index (χ0) is 13.0. The molecule has 0 aromatic heterocycles. The summed E-state index contributed by atoms with van der Waals surface area (Å²) < 4.78 is 5.67. The van der Waals surface area contributed by atoms with Crippen molar-refractivity contribution in [3.63, 3.8) is 0 Å². The molecular weight excluding hydrogens is 224 g/mol. The van der Waals surface area contributed by atoms with Gasteiger partial charge in [0, 0.05) is 31.2 Å². The minimum absolute atomic E-state index is 0.369. The van der Waals surface area contributed by atoms with Crippen molar-refractivity contribution in [1.82, 2.24) is 10.2 Å². The smallest absolute Gasteiger partial charge is 0.0547 e. The van der Waals surface area contributed by atoms with E-state index < -0.39 is 0 Å². The summed E-state index contributed by atoms with van der Waals surface area (Å²) in [6.45, 7) is 10.0. The van der Waals surface area contributed by atoms with Crippen LogP contribution in [0.4, 0.5) is 0 Å². The molecule has 0 spiro atoms. The maximum absolute atomic E-state index is 5.67. The predicted octanol–water partition coefficient (Wildman–Crippen LogP) is 2.12. The van der Waals surface area contributed by atoms with E-state index in [1.165, 1.54) is 38.8 Å². The quantitative estimate of drug-likeness (QED) is 0.718. The summed E-state index contributed by atoms with van der Waals surface area (Å²) in [5, 5.41) is 3.70. The maximum Gasteiger partial charge on any atom is 0.0547 e. The van der Waals surface area contributed by atoms with Gasteiger partial charge in [-0.2, -0.15) is 0 Å². The topological polar surface area (TPSA) is 24.5 Å². The minimum Gasteiger partial charge on any atom is -0.381 e. The summed E-state index contributed by atoms with van der Waals surface area (Å²) in [7, 11) is 2.26. The maximum atomic E-state index is 5.67. The van der Waals surface area contributed by atoms with Gasteiger partial charge in [-0.15, -0.1) is 0 Å². The molecule has 0 amide bonds. The molecule has 1 atom stereocenters. The van der Waals surface area contributed by atoms with E-state index in [1.807, 2.05) is 0 Å². The Morgan fingerprint density at radius 3 is 2.72 bits per heavy atom. The largest absolute Gasteiger partial charge is 0.381 e. The van der Waals surface area contributed by atoms with Crippen molar-refractivity contribution < 1.29 is 4.74 Å². The van der Waals surface area contributed by atoms with Crippen LogP contribution in [0, 0.1) is 11.3 Å². The molecule has 1 aliphatic carbocycles. The molecule has 1 saturated heterocycles. The van der Waals surface area contributed by atoms with Gasteiger partial charge in [0.2, 0.25) is 0 Å². The molecule has 106 valence electrons. The molecule has 0 bridgehead atoms. The second kappa shape index (κ2) is 6.36. The molecule has 1 unspecified atom stereocenters. The fraction of sp³-hybridized carbons (Fsp3) is 1.00. The van der Waals surface area contributed by atoms with Crippen molar-refractivity contribution >= 4 is 0 Å². The number of rotatable bonds is 8. The lowest BCUT2D eigenvalue weighted by molar-refractivity contribution is 0.117. The highest BCUT2D eigenvalue weighted by Gasteiger charge is 2.37. The summed E-state index contributed by atoms with van der Waals surface area (Å²) in [6.07, 6.45) is 5.27. The van der Waals surface area contributed by atoms with Gasteiger partial charge in [-0.1, -0.05) is 13.8 Å². The van der Waals surface area contributed by atoms with Gasteiger partial charge in [0.15, 0.2) is 0 Å². The van der Waals surface area contributed by atoms with E-state index >= 15 is 0 Å². The Hall–Kier alpha value is -0.120. The van der Waals surface area contributed by atoms with Crippen LogP contribution >= 0.6 is 0 Å². The summed E-state index contributed by atoms with van der Waals surface area (Å²) >= 11 is 0. The standard InChI is InChI=1S/C15H30N2O/c1-13(2)6-8-17(3)11-15(7-9-18-12-15)10-16-14-4-5-14/h13-14,16H,4-12H2,1-3H3. The molecule has 1 heterocycles. The van der Waals surface area contributed by atoms with Gasteiger partial charge in [0.05, 0.1) is 6.61 Å². The molecule has 0 aromatic rings. The molecule has 0 radical (unpaired) electrons. The number of nitrogens with zero attached hydrogens (tertiary/aromatic N) is 1. The van der Waals surface area contributed by atoms with E-state index in [9.17, 15) is 0 Å². The van der Waals surface area contributed by atoms with Crippen molar-refractivity contribution in [1.29, 1.82) is 0 Å². The number of hydrogen-bond donors (Lipinski definition) is 1. The van der Waals surface area contributed by atoms with Crippen LogP contribution in [0.3, 0.4) is 0 Å². The van der Waals surface area contributed by atoms with Gasteiger partial charge in [-0.05, 0) is 45.2 Å². The van der Waals surface area contributed by atoms with E-state index in [0.717, 1.165) is 31.7 Å². The van der Waals surface area contributed by atoms with Crippen molar-refractivity contribution in [3.8, 4) is 0 Å². The van der Waals surface area contributed by atoms with Crippen LogP contribution in [0.1, 0.15) is 39.5 Å². The highest BCUT2D eigenvalue weighted by Crippen LogP contribution is 2.30. The molecule has 18 heavy (non-hydrogen) atoms. The third-order valence-corrected chi connectivity index (χ3v) is 4.22. The van der Waals surface area contributed by atoms with Gasteiger partial charge >= 0.3 is 0 Å². The fourth-order valence-corrected chi connectivity index (χ4v) is 2.75. The highest BCUT2D eigenvalue weighted by molar-refractivity contribution is 4.91. The first kappa shape index (κ1) is 14.3. The third kappa shape index (κ3) is 4.52. The first-order valence-electron chi connectivity index (χ1n) is 7.59. The van der Waals surface area contributed by atoms with Crippen molar-refractivity contribution in [2.75, 3.05) is 39.9 Å². The lowest BCUT2D eigenvalue weighted by Crippen LogP contribution is -2.44. The number of ether oxygens (including phenoxy) is 1. The number of hydrogen-bond acceptors (Lipinski definition) is 3. The van der Waals surface area contributed by atoms with Crippen molar-refractivity contribution in [3.05, 3.63) is 0 Å².